The molecule has 0 spiro atoms. The first-order valence-electron chi connectivity index (χ1n) is 4.92. The molecule has 3 N–H and O–H groups in total. The van der Waals surface area contributed by atoms with E-state index in [0.717, 1.165) is 23.0 Å². The molecular formula is C11H11BrN2OS. The van der Waals surface area contributed by atoms with Crippen molar-refractivity contribution in [2.24, 2.45) is 11.1 Å². The Morgan fingerprint density at radius 1 is 1.44 bits per heavy atom. The van der Waals surface area contributed by atoms with E-state index < -0.39 is 5.41 Å². The van der Waals surface area contributed by atoms with Gasteiger partial charge >= 0.3 is 0 Å². The Labute approximate surface area is 108 Å². The van der Waals surface area contributed by atoms with Crippen molar-refractivity contribution >= 4 is 44.7 Å². The van der Waals surface area contributed by atoms with E-state index in [2.05, 4.69) is 21.2 Å². The summed E-state index contributed by atoms with van der Waals surface area (Å²) >= 11 is 8.29. The predicted molar refractivity (Wildman–Crippen MR) is 71.2 cm³/mol. The molecule has 5 heteroatoms. The van der Waals surface area contributed by atoms with Crippen LogP contribution in [0.25, 0.3) is 0 Å². The van der Waals surface area contributed by atoms with Crippen LogP contribution in [-0.4, -0.2) is 10.9 Å². The number of anilines is 1. The Bertz CT molecular complexity index is 457. The summed E-state index contributed by atoms with van der Waals surface area (Å²) in [4.78, 5) is 12.3. The first kappa shape index (κ1) is 11.5. The van der Waals surface area contributed by atoms with Crippen LogP contribution in [0.2, 0.25) is 0 Å². The number of rotatable bonds is 3. The van der Waals surface area contributed by atoms with Crippen LogP contribution >= 0.6 is 28.1 Å². The van der Waals surface area contributed by atoms with Crippen LogP contribution in [0.15, 0.2) is 28.7 Å². The largest absolute Gasteiger partial charge is 0.392 e. The van der Waals surface area contributed by atoms with Gasteiger partial charge in [-0.1, -0.05) is 24.4 Å². The Hall–Kier alpha value is -0.940. The van der Waals surface area contributed by atoms with Crippen molar-refractivity contribution in [2.75, 3.05) is 5.32 Å². The highest BCUT2D eigenvalue weighted by Crippen LogP contribution is 2.47. The van der Waals surface area contributed by atoms with Gasteiger partial charge in [0.15, 0.2) is 0 Å². The lowest BCUT2D eigenvalue weighted by Gasteiger charge is -2.14. The first-order chi connectivity index (χ1) is 7.56. The average molecular weight is 299 g/mol. The van der Waals surface area contributed by atoms with E-state index >= 15 is 0 Å². The van der Waals surface area contributed by atoms with Gasteiger partial charge < -0.3 is 11.1 Å². The van der Waals surface area contributed by atoms with Crippen molar-refractivity contribution < 1.29 is 4.79 Å². The van der Waals surface area contributed by atoms with Crippen LogP contribution in [0, 0.1) is 5.41 Å². The van der Waals surface area contributed by atoms with Crippen LogP contribution in [0.3, 0.4) is 0 Å². The van der Waals surface area contributed by atoms with E-state index in [0.29, 0.717) is 0 Å². The normalized spacial score (nSPS) is 16.6. The van der Waals surface area contributed by atoms with Gasteiger partial charge in [0, 0.05) is 4.47 Å². The number of nitrogens with two attached hydrogens (primary N) is 1. The number of amides is 1. The zero-order chi connectivity index (χ0) is 11.8. The van der Waals surface area contributed by atoms with Crippen LogP contribution in [0.4, 0.5) is 5.69 Å². The smallest absolute Gasteiger partial charge is 0.237 e. The summed E-state index contributed by atoms with van der Waals surface area (Å²) < 4.78 is 0.849. The molecule has 0 heterocycles. The molecule has 1 aliphatic rings. The Balaban J connectivity index is 2.15. The number of carbonyl (C=O) groups excluding carboxylic acids is 1. The summed E-state index contributed by atoms with van der Waals surface area (Å²) in [5, 5.41) is 2.84. The summed E-state index contributed by atoms with van der Waals surface area (Å²) in [6, 6.07) is 7.45. The molecule has 0 saturated heterocycles. The minimum Gasteiger partial charge on any atom is -0.392 e. The molecule has 16 heavy (non-hydrogen) atoms. The van der Waals surface area contributed by atoms with Gasteiger partial charge in [0.05, 0.1) is 16.1 Å². The van der Waals surface area contributed by atoms with Crippen molar-refractivity contribution in [2.45, 2.75) is 12.8 Å². The van der Waals surface area contributed by atoms with Crippen LogP contribution in [-0.2, 0) is 4.79 Å². The summed E-state index contributed by atoms with van der Waals surface area (Å²) in [6.45, 7) is 0. The number of hydrogen-bond acceptors (Lipinski definition) is 2. The topological polar surface area (TPSA) is 55.1 Å². The second-order valence-corrected chi connectivity index (χ2v) is 5.17. The molecule has 1 aromatic rings. The summed E-state index contributed by atoms with van der Waals surface area (Å²) in [5.74, 6) is -0.105. The molecule has 0 atom stereocenters. The minimum atomic E-state index is -0.607. The molecule has 0 aliphatic heterocycles. The Morgan fingerprint density at radius 3 is 2.56 bits per heavy atom. The molecule has 0 radical (unpaired) electrons. The van der Waals surface area contributed by atoms with E-state index in [-0.39, 0.29) is 10.9 Å². The van der Waals surface area contributed by atoms with Gasteiger partial charge in [0.2, 0.25) is 5.91 Å². The van der Waals surface area contributed by atoms with Gasteiger partial charge in [-0.25, -0.2) is 0 Å². The van der Waals surface area contributed by atoms with E-state index in [1.807, 2.05) is 24.3 Å². The van der Waals surface area contributed by atoms with Gasteiger partial charge in [-0.15, -0.1) is 0 Å². The van der Waals surface area contributed by atoms with Crippen molar-refractivity contribution in [1.82, 2.24) is 0 Å². The summed E-state index contributed by atoms with van der Waals surface area (Å²) in [5.41, 5.74) is 5.72. The highest BCUT2D eigenvalue weighted by atomic mass is 79.9. The van der Waals surface area contributed by atoms with Gasteiger partial charge in [0.1, 0.15) is 0 Å². The standard InChI is InChI=1S/C11H11BrN2OS/c12-7-3-1-2-4-8(7)14-10(15)11(5-6-11)9(13)16/h1-4H,5-6H2,(H2,13,16)(H,14,15). The second kappa shape index (κ2) is 4.14. The number of thiocarbonyl (C=S) groups is 1. The quantitative estimate of drug-likeness (QED) is 0.843. The van der Waals surface area contributed by atoms with Crippen molar-refractivity contribution in [3.8, 4) is 0 Å². The second-order valence-electron chi connectivity index (χ2n) is 3.88. The lowest BCUT2D eigenvalue weighted by Crippen LogP contribution is -2.35. The molecular weight excluding hydrogens is 288 g/mol. The monoisotopic (exact) mass is 298 g/mol. The van der Waals surface area contributed by atoms with Crippen molar-refractivity contribution in [1.29, 1.82) is 0 Å². The maximum absolute atomic E-state index is 12.0. The van der Waals surface area contributed by atoms with Gasteiger partial charge in [-0.2, -0.15) is 0 Å². The zero-order valence-electron chi connectivity index (χ0n) is 8.50. The zero-order valence-corrected chi connectivity index (χ0v) is 10.9. The number of carbonyl (C=O) groups is 1. The highest BCUT2D eigenvalue weighted by molar-refractivity contribution is 9.10. The number of para-hydroxylation sites is 1. The van der Waals surface area contributed by atoms with E-state index in [4.69, 9.17) is 18.0 Å². The fraction of sp³-hybridized carbons (Fsp3) is 0.273. The van der Waals surface area contributed by atoms with E-state index in [1.165, 1.54) is 0 Å². The maximum atomic E-state index is 12.0. The van der Waals surface area contributed by atoms with Gasteiger partial charge in [-0.05, 0) is 40.9 Å². The molecule has 1 fully saturated rings. The molecule has 1 saturated carbocycles. The van der Waals surface area contributed by atoms with Crippen LogP contribution in [0.5, 0.6) is 0 Å². The third kappa shape index (κ3) is 1.97. The molecule has 2 rings (SSSR count). The molecule has 0 unspecified atom stereocenters. The fourth-order valence-electron chi connectivity index (χ4n) is 1.51. The summed E-state index contributed by atoms with van der Waals surface area (Å²) in [7, 11) is 0. The van der Waals surface area contributed by atoms with E-state index in [9.17, 15) is 4.79 Å². The lowest BCUT2D eigenvalue weighted by atomic mass is 10.1. The first-order valence-corrected chi connectivity index (χ1v) is 6.12. The Kier molecular flexibility index (Phi) is 2.99. The molecule has 1 aromatic carbocycles. The van der Waals surface area contributed by atoms with Crippen molar-refractivity contribution in [3.63, 3.8) is 0 Å². The molecule has 1 aliphatic carbocycles. The molecule has 0 bridgehead atoms. The molecule has 0 aromatic heterocycles. The fourth-order valence-corrected chi connectivity index (χ4v) is 2.20. The number of benzene rings is 1. The maximum Gasteiger partial charge on any atom is 0.237 e. The summed E-state index contributed by atoms with van der Waals surface area (Å²) in [6.07, 6.45) is 1.50. The minimum absolute atomic E-state index is 0.105. The molecule has 1 amide bonds. The number of halogens is 1. The van der Waals surface area contributed by atoms with Gasteiger partial charge in [0.25, 0.3) is 0 Å². The van der Waals surface area contributed by atoms with Crippen molar-refractivity contribution in [3.05, 3.63) is 28.7 Å². The molecule has 3 nitrogen and oxygen atoms in total. The molecule has 84 valence electrons. The lowest BCUT2D eigenvalue weighted by molar-refractivity contribution is -0.118. The van der Waals surface area contributed by atoms with Crippen LogP contribution < -0.4 is 11.1 Å². The highest BCUT2D eigenvalue weighted by Gasteiger charge is 2.52. The third-order valence-electron chi connectivity index (χ3n) is 2.78. The van der Waals surface area contributed by atoms with Crippen LogP contribution in [0.1, 0.15) is 12.8 Å². The Morgan fingerprint density at radius 2 is 2.06 bits per heavy atom. The SMILES string of the molecule is NC(=S)C1(C(=O)Nc2ccccc2Br)CC1. The third-order valence-corrected chi connectivity index (χ3v) is 3.86. The predicted octanol–water partition coefficient (Wildman–Crippen LogP) is 2.45. The number of hydrogen-bond donors (Lipinski definition) is 2. The van der Waals surface area contributed by atoms with E-state index in [1.54, 1.807) is 0 Å². The average Bonchev–Trinajstić information content (AvgIpc) is 3.02. The van der Waals surface area contributed by atoms with Gasteiger partial charge in [-0.3, -0.25) is 4.79 Å². The number of nitrogens with one attached hydrogen (secondary N) is 1.